The van der Waals surface area contributed by atoms with Gasteiger partial charge >= 0.3 is 0 Å². The van der Waals surface area contributed by atoms with Gasteiger partial charge in [-0.3, -0.25) is 4.79 Å². The van der Waals surface area contributed by atoms with Gasteiger partial charge < -0.3 is 0 Å². The Kier molecular flexibility index (Phi) is 1.73. The highest BCUT2D eigenvalue weighted by molar-refractivity contribution is 8.14. The largest absolute Gasteiger partial charge is 0.292 e. The molecule has 0 aromatic heterocycles. The number of carbonyl (C=O) groups excluding carboxylic acids is 1. The molecule has 2 fully saturated rings. The average Bonchev–Trinajstić information content (AvgIpc) is 3.19. The van der Waals surface area contributed by atoms with Crippen LogP contribution >= 0.6 is 23.5 Å². The molecule has 4 unspecified atom stereocenters. The molecule has 16 heavy (non-hydrogen) atoms. The molecule has 2 saturated heterocycles. The Morgan fingerprint density at radius 3 is 2.88 bits per heavy atom. The zero-order chi connectivity index (χ0) is 10.8. The van der Waals surface area contributed by atoms with Gasteiger partial charge in [-0.1, -0.05) is 42.5 Å². The topological polar surface area (TPSA) is 17.1 Å². The van der Waals surface area contributed by atoms with E-state index in [2.05, 4.69) is 12.2 Å². The minimum atomic E-state index is -0.202. The lowest BCUT2D eigenvalue weighted by molar-refractivity contribution is 0.0973. The molecule has 0 bridgehead atoms. The first-order valence-electron chi connectivity index (χ1n) is 5.44. The molecule has 0 amide bonds. The van der Waals surface area contributed by atoms with Crippen molar-refractivity contribution in [3.05, 3.63) is 48.0 Å². The van der Waals surface area contributed by atoms with Crippen LogP contribution in [0.2, 0.25) is 0 Å². The lowest BCUT2D eigenvalue weighted by atomic mass is 9.89. The summed E-state index contributed by atoms with van der Waals surface area (Å²) in [6.07, 6.45) is 4.38. The van der Waals surface area contributed by atoms with Crippen molar-refractivity contribution in [3.63, 3.8) is 0 Å². The van der Waals surface area contributed by atoms with Crippen molar-refractivity contribution in [1.82, 2.24) is 0 Å². The maximum absolute atomic E-state index is 12.4. The van der Waals surface area contributed by atoms with Crippen molar-refractivity contribution in [3.8, 4) is 0 Å². The van der Waals surface area contributed by atoms with Crippen LogP contribution in [-0.2, 0) is 0 Å². The standard InChI is InChI=1S/C13H10OS2/c14-11(8-4-2-1-3-5-8)13-7-6-9-10(15-9)12(13)16-13/h1-7,9-10,12H. The minimum absolute atomic E-state index is 0.202. The number of carbonyl (C=O) groups is 1. The third kappa shape index (κ3) is 1.13. The van der Waals surface area contributed by atoms with Crippen LogP contribution in [0.4, 0.5) is 0 Å². The quantitative estimate of drug-likeness (QED) is 0.454. The summed E-state index contributed by atoms with van der Waals surface area (Å²) in [5.41, 5.74) is 0.853. The van der Waals surface area contributed by atoms with E-state index >= 15 is 0 Å². The van der Waals surface area contributed by atoms with Crippen LogP contribution < -0.4 is 0 Å². The number of ketones is 1. The van der Waals surface area contributed by atoms with Crippen LogP contribution in [0.25, 0.3) is 0 Å². The third-order valence-electron chi connectivity index (χ3n) is 3.47. The molecule has 0 N–H and O–H groups in total. The summed E-state index contributed by atoms with van der Waals surface area (Å²) < 4.78 is -0.202. The number of benzene rings is 1. The fourth-order valence-corrected chi connectivity index (χ4v) is 5.43. The van der Waals surface area contributed by atoms with Gasteiger partial charge in [0, 0.05) is 21.3 Å². The first-order valence-corrected chi connectivity index (χ1v) is 7.26. The Balaban J connectivity index is 1.71. The van der Waals surface area contributed by atoms with Crippen LogP contribution in [-0.4, -0.2) is 26.3 Å². The summed E-state index contributed by atoms with van der Waals surface area (Å²) in [6.45, 7) is 0. The van der Waals surface area contributed by atoms with Gasteiger partial charge in [-0.2, -0.15) is 0 Å². The lowest BCUT2D eigenvalue weighted by Gasteiger charge is -2.11. The highest BCUT2D eigenvalue weighted by atomic mass is 32.2. The Morgan fingerprint density at radius 1 is 1.25 bits per heavy atom. The molecule has 1 aromatic rings. The van der Waals surface area contributed by atoms with Gasteiger partial charge in [0.15, 0.2) is 5.78 Å². The van der Waals surface area contributed by atoms with Gasteiger partial charge in [-0.05, 0) is 0 Å². The Bertz CT molecular complexity index is 496. The molecular weight excluding hydrogens is 236 g/mol. The predicted molar refractivity (Wildman–Crippen MR) is 69.2 cm³/mol. The van der Waals surface area contributed by atoms with Crippen molar-refractivity contribution < 1.29 is 4.79 Å². The molecule has 2 heterocycles. The van der Waals surface area contributed by atoms with Crippen LogP contribution in [0, 0.1) is 0 Å². The Morgan fingerprint density at radius 2 is 2.06 bits per heavy atom. The molecule has 4 rings (SSSR count). The van der Waals surface area contributed by atoms with Crippen molar-refractivity contribution >= 4 is 29.3 Å². The first-order chi connectivity index (χ1) is 7.81. The third-order valence-corrected chi connectivity index (χ3v) is 6.60. The van der Waals surface area contributed by atoms with E-state index in [-0.39, 0.29) is 4.75 Å². The average molecular weight is 246 g/mol. The predicted octanol–water partition coefficient (Wildman–Crippen LogP) is 2.78. The summed E-state index contributed by atoms with van der Waals surface area (Å²) in [5.74, 6) is 0.297. The van der Waals surface area contributed by atoms with E-state index in [1.807, 2.05) is 53.9 Å². The molecule has 80 valence electrons. The Labute approximate surface area is 103 Å². The fraction of sp³-hybridized carbons (Fsp3) is 0.308. The van der Waals surface area contributed by atoms with Gasteiger partial charge in [0.25, 0.3) is 0 Å². The molecule has 0 saturated carbocycles. The minimum Gasteiger partial charge on any atom is -0.292 e. The molecule has 1 nitrogen and oxygen atoms in total. The zero-order valence-electron chi connectivity index (χ0n) is 8.50. The highest BCUT2D eigenvalue weighted by Crippen LogP contribution is 2.69. The van der Waals surface area contributed by atoms with E-state index in [1.54, 1.807) is 0 Å². The second kappa shape index (κ2) is 2.96. The van der Waals surface area contributed by atoms with Crippen molar-refractivity contribution in [1.29, 1.82) is 0 Å². The molecule has 0 radical (unpaired) electrons. The highest BCUT2D eigenvalue weighted by Gasteiger charge is 2.69. The van der Waals surface area contributed by atoms with Crippen LogP contribution in [0.15, 0.2) is 42.5 Å². The van der Waals surface area contributed by atoms with Gasteiger partial charge in [0.05, 0.1) is 0 Å². The monoisotopic (exact) mass is 246 g/mol. The summed E-state index contributed by atoms with van der Waals surface area (Å²) in [4.78, 5) is 12.4. The summed E-state index contributed by atoms with van der Waals surface area (Å²) in [7, 11) is 0. The van der Waals surface area contributed by atoms with Crippen LogP contribution in [0.3, 0.4) is 0 Å². The molecule has 1 aliphatic carbocycles. The molecule has 1 aromatic carbocycles. The first kappa shape index (κ1) is 9.37. The van der Waals surface area contributed by atoms with Gasteiger partial charge in [0.2, 0.25) is 0 Å². The van der Waals surface area contributed by atoms with E-state index in [9.17, 15) is 4.79 Å². The SMILES string of the molecule is O=C(c1ccccc1)C12C=CC3SC3C1S2. The smallest absolute Gasteiger partial charge is 0.183 e. The van der Waals surface area contributed by atoms with Gasteiger partial charge in [0.1, 0.15) is 4.75 Å². The fourth-order valence-electron chi connectivity index (χ4n) is 2.47. The summed E-state index contributed by atoms with van der Waals surface area (Å²) in [6, 6.07) is 9.68. The maximum Gasteiger partial charge on any atom is 0.183 e. The Hall–Kier alpha value is -0.670. The van der Waals surface area contributed by atoms with Gasteiger partial charge in [-0.25, -0.2) is 0 Å². The van der Waals surface area contributed by atoms with Gasteiger partial charge in [-0.15, -0.1) is 23.5 Å². The molecular formula is C13H10OS2. The van der Waals surface area contributed by atoms with Crippen LogP contribution in [0.5, 0.6) is 0 Å². The van der Waals surface area contributed by atoms with Crippen molar-refractivity contribution in [2.45, 2.75) is 20.5 Å². The molecule has 0 spiro atoms. The summed E-state index contributed by atoms with van der Waals surface area (Å²) >= 11 is 3.84. The van der Waals surface area contributed by atoms with E-state index in [4.69, 9.17) is 0 Å². The van der Waals surface area contributed by atoms with Crippen molar-refractivity contribution in [2.75, 3.05) is 0 Å². The van der Waals surface area contributed by atoms with E-state index in [0.717, 1.165) is 5.56 Å². The van der Waals surface area contributed by atoms with Crippen LogP contribution in [0.1, 0.15) is 10.4 Å². The number of fused-ring (bicyclic) bond motifs is 3. The molecule has 4 atom stereocenters. The lowest BCUT2D eigenvalue weighted by Crippen LogP contribution is -2.29. The number of rotatable bonds is 2. The molecule has 3 aliphatic rings. The molecule has 2 aliphatic heterocycles. The number of hydrogen-bond donors (Lipinski definition) is 0. The maximum atomic E-state index is 12.4. The second-order valence-corrected chi connectivity index (χ2v) is 7.23. The number of thioether (sulfide) groups is 2. The second-order valence-electron chi connectivity index (χ2n) is 4.45. The number of hydrogen-bond acceptors (Lipinski definition) is 3. The van der Waals surface area contributed by atoms with E-state index in [0.29, 0.717) is 21.5 Å². The molecule has 3 heteroatoms. The van der Waals surface area contributed by atoms with E-state index < -0.39 is 0 Å². The normalized spacial score (nSPS) is 42.1. The zero-order valence-corrected chi connectivity index (χ0v) is 10.1. The van der Waals surface area contributed by atoms with Crippen molar-refractivity contribution in [2.24, 2.45) is 0 Å². The number of Topliss-reactive ketones (excluding diaryl/α,β-unsaturated/α-hetero) is 1. The van der Waals surface area contributed by atoms with E-state index in [1.165, 1.54) is 0 Å². The summed E-state index contributed by atoms with van der Waals surface area (Å²) in [5, 5.41) is 1.96.